The first kappa shape index (κ1) is 20.5. The number of methoxy groups -OCH3 is 5. The standard InChI is InChI=1S/C19H24O8/c1-23-15-11(9-10-7-6-8-12(10)20)16(24-2)14(19(22)27-5)17(25-3)13(15)18(21)26-4/h10H,6-9H2,1-5H3. The predicted molar refractivity (Wildman–Crippen MR) is 94.8 cm³/mol. The van der Waals surface area contributed by atoms with Gasteiger partial charge in [0.1, 0.15) is 28.4 Å². The van der Waals surface area contributed by atoms with Gasteiger partial charge in [-0.2, -0.15) is 0 Å². The highest BCUT2D eigenvalue weighted by atomic mass is 16.5. The van der Waals surface area contributed by atoms with Crippen molar-refractivity contribution in [2.75, 3.05) is 35.5 Å². The maximum absolute atomic E-state index is 12.4. The van der Waals surface area contributed by atoms with Gasteiger partial charge in [-0.1, -0.05) is 0 Å². The van der Waals surface area contributed by atoms with Crippen molar-refractivity contribution in [3.8, 4) is 17.2 Å². The third-order valence-electron chi connectivity index (χ3n) is 4.73. The van der Waals surface area contributed by atoms with Crippen molar-refractivity contribution in [1.29, 1.82) is 0 Å². The smallest absolute Gasteiger partial charge is 0.345 e. The number of hydrogen-bond donors (Lipinski definition) is 0. The Hall–Kier alpha value is -2.77. The van der Waals surface area contributed by atoms with Gasteiger partial charge in [-0.25, -0.2) is 9.59 Å². The number of benzene rings is 1. The molecular weight excluding hydrogens is 356 g/mol. The molecule has 0 amide bonds. The van der Waals surface area contributed by atoms with Crippen LogP contribution in [0.2, 0.25) is 0 Å². The van der Waals surface area contributed by atoms with E-state index in [1.165, 1.54) is 35.5 Å². The summed E-state index contributed by atoms with van der Waals surface area (Å²) in [6.07, 6.45) is 2.30. The minimum Gasteiger partial charge on any atom is -0.495 e. The molecule has 0 aromatic heterocycles. The molecule has 8 heteroatoms. The minimum absolute atomic E-state index is 0.0517. The summed E-state index contributed by atoms with van der Waals surface area (Å²) in [6, 6.07) is 0. The van der Waals surface area contributed by atoms with Gasteiger partial charge in [-0.3, -0.25) is 4.79 Å². The summed E-state index contributed by atoms with van der Waals surface area (Å²) in [5.74, 6) is -1.34. The first-order valence-corrected chi connectivity index (χ1v) is 8.49. The van der Waals surface area contributed by atoms with E-state index in [2.05, 4.69) is 0 Å². The largest absolute Gasteiger partial charge is 0.495 e. The molecule has 1 fully saturated rings. The van der Waals surface area contributed by atoms with Crippen LogP contribution in [0.15, 0.2) is 0 Å². The van der Waals surface area contributed by atoms with E-state index in [0.717, 1.165) is 12.8 Å². The fraction of sp³-hybridized carbons (Fsp3) is 0.526. The Kier molecular flexibility index (Phi) is 6.65. The monoisotopic (exact) mass is 380 g/mol. The molecule has 1 unspecified atom stereocenters. The van der Waals surface area contributed by atoms with Crippen LogP contribution in [0.5, 0.6) is 17.2 Å². The molecule has 8 nitrogen and oxygen atoms in total. The van der Waals surface area contributed by atoms with Gasteiger partial charge in [-0.15, -0.1) is 0 Å². The third kappa shape index (κ3) is 3.70. The summed E-state index contributed by atoms with van der Waals surface area (Å²) < 4.78 is 26.0. The highest BCUT2D eigenvalue weighted by Crippen LogP contribution is 2.46. The number of ether oxygens (including phenoxy) is 5. The number of carbonyl (C=O) groups excluding carboxylic acids is 3. The van der Waals surface area contributed by atoms with Gasteiger partial charge < -0.3 is 23.7 Å². The number of hydrogen-bond acceptors (Lipinski definition) is 8. The normalized spacial score (nSPS) is 16.0. The topological polar surface area (TPSA) is 97.4 Å². The molecule has 0 bridgehead atoms. The lowest BCUT2D eigenvalue weighted by Crippen LogP contribution is -2.18. The van der Waals surface area contributed by atoms with Gasteiger partial charge in [0.25, 0.3) is 0 Å². The van der Waals surface area contributed by atoms with Crippen LogP contribution in [0.25, 0.3) is 0 Å². The lowest BCUT2D eigenvalue weighted by atomic mass is 9.91. The van der Waals surface area contributed by atoms with E-state index in [4.69, 9.17) is 23.7 Å². The van der Waals surface area contributed by atoms with Crippen molar-refractivity contribution < 1.29 is 38.1 Å². The second-order valence-corrected chi connectivity index (χ2v) is 6.07. The van der Waals surface area contributed by atoms with Gasteiger partial charge in [0.15, 0.2) is 5.75 Å². The predicted octanol–water partition coefficient (Wildman–Crippen LogP) is 2.20. The van der Waals surface area contributed by atoms with E-state index in [-0.39, 0.29) is 46.5 Å². The van der Waals surface area contributed by atoms with Gasteiger partial charge in [-0.05, 0) is 19.3 Å². The molecule has 0 radical (unpaired) electrons. The minimum atomic E-state index is -0.740. The molecule has 27 heavy (non-hydrogen) atoms. The SMILES string of the molecule is COC(=O)c1c(OC)c(CC2CCCC2=O)c(OC)c(C(=O)OC)c1OC. The van der Waals surface area contributed by atoms with Crippen LogP contribution in [0.3, 0.4) is 0 Å². The first-order chi connectivity index (χ1) is 12.9. The maximum atomic E-state index is 12.4. The number of ketones is 1. The lowest BCUT2D eigenvalue weighted by Gasteiger charge is -2.23. The summed E-state index contributed by atoms with van der Waals surface area (Å²) in [4.78, 5) is 37.1. The van der Waals surface area contributed by atoms with E-state index >= 15 is 0 Å². The molecule has 1 aliphatic carbocycles. The fourth-order valence-electron chi connectivity index (χ4n) is 3.50. The quantitative estimate of drug-likeness (QED) is 0.664. The number of Topliss-reactive ketones (excluding diaryl/α,β-unsaturated/α-hetero) is 1. The Morgan fingerprint density at radius 3 is 1.67 bits per heavy atom. The third-order valence-corrected chi connectivity index (χ3v) is 4.73. The van der Waals surface area contributed by atoms with E-state index in [1.807, 2.05) is 0 Å². The highest BCUT2D eigenvalue weighted by molar-refractivity contribution is 6.05. The van der Waals surface area contributed by atoms with Crippen LogP contribution >= 0.6 is 0 Å². The molecule has 0 N–H and O–H groups in total. The Morgan fingerprint density at radius 2 is 1.33 bits per heavy atom. The molecule has 0 aliphatic heterocycles. The molecule has 1 aromatic carbocycles. The van der Waals surface area contributed by atoms with E-state index in [0.29, 0.717) is 12.0 Å². The Morgan fingerprint density at radius 1 is 0.852 bits per heavy atom. The van der Waals surface area contributed by atoms with Crippen molar-refractivity contribution >= 4 is 17.7 Å². The van der Waals surface area contributed by atoms with Gasteiger partial charge >= 0.3 is 11.9 Å². The number of rotatable bonds is 7. The van der Waals surface area contributed by atoms with Gasteiger partial charge in [0.05, 0.1) is 35.5 Å². The molecule has 148 valence electrons. The van der Waals surface area contributed by atoms with Crippen LogP contribution < -0.4 is 14.2 Å². The van der Waals surface area contributed by atoms with Crippen molar-refractivity contribution in [2.24, 2.45) is 5.92 Å². The van der Waals surface area contributed by atoms with E-state index < -0.39 is 11.9 Å². The summed E-state index contributed by atoms with van der Waals surface area (Å²) in [6.45, 7) is 0. The van der Waals surface area contributed by atoms with Crippen LogP contribution in [0.1, 0.15) is 45.5 Å². The van der Waals surface area contributed by atoms with Crippen LogP contribution in [0.4, 0.5) is 0 Å². The maximum Gasteiger partial charge on any atom is 0.345 e. The van der Waals surface area contributed by atoms with Crippen molar-refractivity contribution in [3.63, 3.8) is 0 Å². The molecule has 1 aliphatic rings. The summed E-state index contributed by atoms with van der Waals surface area (Å²) in [5, 5.41) is 0. The van der Waals surface area contributed by atoms with Crippen molar-refractivity contribution in [2.45, 2.75) is 25.7 Å². The fourth-order valence-corrected chi connectivity index (χ4v) is 3.50. The number of esters is 2. The molecule has 1 aromatic rings. The molecule has 1 saturated carbocycles. The summed E-state index contributed by atoms with van der Waals surface area (Å²) in [7, 11) is 6.51. The Balaban J connectivity index is 2.84. The average Bonchev–Trinajstić information content (AvgIpc) is 3.09. The summed E-state index contributed by atoms with van der Waals surface area (Å²) in [5.41, 5.74) is 0.329. The van der Waals surface area contributed by atoms with Crippen LogP contribution in [-0.2, 0) is 20.7 Å². The lowest BCUT2D eigenvalue weighted by molar-refractivity contribution is -0.120. The second-order valence-electron chi connectivity index (χ2n) is 6.07. The zero-order chi connectivity index (χ0) is 20.1. The molecular formula is C19H24O8. The second kappa shape index (κ2) is 8.75. The van der Waals surface area contributed by atoms with Crippen LogP contribution in [0, 0.1) is 5.92 Å². The summed E-state index contributed by atoms with van der Waals surface area (Å²) >= 11 is 0. The zero-order valence-electron chi connectivity index (χ0n) is 16.2. The van der Waals surface area contributed by atoms with Gasteiger partial charge in [0, 0.05) is 17.9 Å². The van der Waals surface area contributed by atoms with Crippen LogP contribution in [-0.4, -0.2) is 53.3 Å². The molecule has 1 atom stereocenters. The molecule has 0 saturated heterocycles. The molecule has 0 spiro atoms. The van der Waals surface area contributed by atoms with Gasteiger partial charge in [0.2, 0.25) is 0 Å². The van der Waals surface area contributed by atoms with E-state index in [9.17, 15) is 14.4 Å². The number of carbonyl (C=O) groups is 3. The molecule has 0 heterocycles. The zero-order valence-corrected chi connectivity index (χ0v) is 16.2. The Bertz CT molecular complexity index is 708. The van der Waals surface area contributed by atoms with E-state index in [1.54, 1.807) is 0 Å². The van der Waals surface area contributed by atoms with Crippen molar-refractivity contribution in [1.82, 2.24) is 0 Å². The van der Waals surface area contributed by atoms with Crippen molar-refractivity contribution in [3.05, 3.63) is 16.7 Å². The average molecular weight is 380 g/mol. The first-order valence-electron chi connectivity index (χ1n) is 8.49. The Labute approximate surface area is 157 Å². The molecule has 2 rings (SSSR count). The highest BCUT2D eigenvalue weighted by Gasteiger charge is 2.36.